The average molecular weight is 513 g/mol. The Labute approximate surface area is 222 Å². The van der Waals surface area contributed by atoms with Crippen molar-refractivity contribution in [2.75, 3.05) is 16.3 Å². The van der Waals surface area contributed by atoms with E-state index in [1.807, 2.05) is 25.1 Å². The molecule has 0 radical (unpaired) electrons. The van der Waals surface area contributed by atoms with Gasteiger partial charge in [-0.2, -0.15) is 0 Å². The molecule has 0 aromatic heterocycles. The highest BCUT2D eigenvalue weighted by Crippen LogP contribution is 2.53. The Morgan fingerprint density at radius 2 is 1.58 bits per heavy atom. The van der Waals surface area contributed by atoms with Gasteiger partial charge in [-0.3, -0.25) is 19.2 Å². The quantitative estimate of drug-likeness (QED) is 0.248. The number of allylic oxidation sites excluding steroid dienone is 2. The number of carbonyl (C=O) groups excluding carboxylic acids is 4. The van der Waals surface area contributed by atoms with Crippen LogP contribution in [0.3, 0.4) is 0 Å². The fourth-order valence-electron chi connectivity index (χ4n) is 6.92. The molecule has 7 heteroatoms. The van der Waals surface area contributed by atoms with Crippen molar-refractivity contribution in [1.29, 1.82) is 0 Å². The molecule has 6 rings (SSSR count). The summed E-state index contributed by atoms with van der Waals surface area (Å²) >= 11 is 0. The second-order valence-electron chi connectivity index (χ2n) is 10.9. The summed E-state index contributed by atoms with van der Waals surface area (Å²) in [5.41, 5.74) is 4.34. The van der Waals surface area contributed by atoms with E-state index < -0.39 is 11.9 Å². The monoisotopic (exact) mass is 512 g/mol. The molecular formula is C31H32N2O5. The van der Waals surface area contributed by atoms with Crippen molar-refractivity contribution in [2.24, 2.45) is 29.6 Å². The molecule has 3 fully saturated rings. The third-order valence-electron chi connectivity index (χ3n) is 8.79. The molecule has 0 spiro atoms. The van der Waals surface area contributed by atoms with Crippen LogP contribution in [0.15, 0.2) is 48.6 Å². The molecule has 2 bridgehead atoms. The van der Waals surface area contributed by atoms with Gasteiger partial charge in [-0.05, 0) is 72.9 Å². The molecule has 2 aromatic rings. The van der Waals surface area contributed by atoms with E-state index in [1.54, 1.807) is 23.1 Å². The highest BCUT2D eigenvalue weighted by molar-refractivity contribution is 6.23. The van der Waals surface area contributed by atoms with E-state index in [-0.39, 0.29) is 54.4 Å². The number of amides is 3. The van der Waals surface area contributed by atoms with E-state index in [4.69, 9.17) is 4.74 Å². The highest BCUT2D eigenvalue weighted by Gasteiger charge is 2.59. The van der Waals surface area contributed by atoms with Crippen molar-refractivity contribution in [3.8, 4) is 5.75 Å². The van der Waals surface area contributed by atoms with Crippen molar-refractivity contribution in [1.82, 2.24) is 0 Å². The molecule has 2 saturated heterocycles. The second kappa shape index (κ2) is 9.22. The van der Waals surface area contributed by atoms with Gasteiger partial charge < -0.3 is 9.64 Å². The van der Waals surface area contributed by atoms with Crippen LogP contribution in [0.2, 0.25) is 0 Å². The van der Waals surface area contributed by atoms with Crippen molar-refractivity contribution < 1.29 is 23.9 Å². The van der Waals surface area contributed by atoms with Gasteiger partial charge in [0, 0.05) is 18.7 Å². The molecule has 196 valence electrons. The minimum Gasteiger partial charge on any atom is -0.426 e. The van der Waals surface area contributed by atoms with Gasteiger partial charge in [0.25, 0.3) is 0 Å². The fourth-order valence-corrected chi connectivity index (χ4v) is 6.92. The highest BCUT2D eigenvalue weighted by atomic mass is 16.5. The first-order chi connectivity index (χ1) is 18.3. The lowest BCUT2D eigenvalue weighted by Crippen LogP contribution is -2.33. The molecule has 4 aliphatic rings. The Hall–Kier alpha value is -3.74. The second-order valence-corrected chi connectivity index (χ2v) is 10.9. The van der Waals surface area contributed by atoms with Crippen molar-refractivity contribution >= 4 is 35.1 Å². The van der Waals surface area contributed by atoms with E-state index in [0.717, 1.165) is 36.1 Å². The number of nitrogens with zero attached hydrogens (tertiary/aromatic N) is 2. The van der Waals surface area contributed by atoms with Crippen molar-refractivity contribution in [3.63, 3.8) is 0 Å². The molecule has 2 heterocycles. The van der Waals surface area contributed by atoms with Crippen LogP contribution in [0, 0.1) is 36.5 Å². The number of rotatable bonds is 6. The van der Waals surface area contributed by atoms with Crippen LogP contribution < -0.4 is 14.5 Å². The summed E-state index contributed by atoms with van der Waals surface area (Å²) in [7, 11) is 0. The minimum absolute atomic E-state index is 0.0749. The maximum Gasteiger partial charge on any atom is 0.316 e. The van der Waals surface area contributed by atoms with Crippen molar-refractivity contribution in [2.45, 2.75) is 46.5 Å². The van der Waals surface area contributed by atoms with E-state index in [0.29, 0.717) is 17.0 Å². The molecule has 38 heavy (non-hydrogen) atoms. The van der Waals surface area contributed by atoms with Gasteiger partial charge in [-0.15, -0.1) is 0 Å². The molecule has 2 aliphatic carbocycles. The molecule has 2 aliphatic heterocycles. The fraction of sp³-hybridized carbons (Fsp3) is 0.419. The van der Waals surface area contributed by atoms with E-state index in [1.165, 1.54) is 4.90 Å². The molecule has 0 unspecified atom stereocenters. The van der Waals surface area contributed by atoms with Gasteiger partial charge in [-0.1, -0.05) is 44.2 Å². The van der Waals surface area contributed by atoms with Crippen LogP contribution in [-0.4, -0.2) is 30.2 Å². The Morgan fingerprint density at radius 1 is 0.947 bits per heavy atom. The van der Waals surface area contributed by atoms with Gasteiger partial charge in [0.05, 0.1) is 23.4 Å². The van der Waals surface area contributed by atoms with Crippen LogP contribution in [0.5, 0.6) is 5.75 Å². The summed E-state index contributed by atoms with van der Waals surface area (Å²) in [5.74, 6) is -1.24. The maximum absolute atomic E-state index is 13.2. The summed E-state index contributed by atoms with van der Waals surface area (Å²) in [5, 5.41) is 0. The van der Waals surface area contributed by atoms with Crippen LogP contribution in [0.25, 0.3) is 0 Å². The van der Waals surface area contributed by atoms with Crippen LogP contribution >= 0.6 is 0 Å². The summed E-state index contributed by atoms with van der Waals surface area (Å²) in [6.45, 7) is 6.22. The topological polar surface area (TPSA) is 84.0 Å². The molecule has 5 atom stereocenters. The van der Waals surface area contributed by atoms with Crippen LogP contribution in [0.4, 0.5) is 11.4 Å². The van der Waals surface area contributed by atoms with Crippen LogP contribution in [0.1, 0.15) is 43.4 Å². The summed E-state index contributed by atoms with van der Waals surface area (Å²) in [4.78, 5) is 55.5. The Kier molecular flexibility index (Phi) is 5.97. The SMILES string of the molecule is CCc1cccc(CC)c1N1C[C@H](C(=O)Oc2ccc(N3C(=O)[C@H]4[C@H](C3=O)[C@H]3C=C[C@H]4C3)c(C)c2)CC1=O. The number of aryl methyl sites for hydroxylation is 3. The number of ether oxygens (including phenoxy) is 1. The van der Waals surface area contributed by atoms with Gasteiger partial charge in [0.15, 0.2) is 0 Å². The summed E-state index contributed by atoms with van der Waals surface area (Å²) in [6.07, 6.45) is 6.75. The third-order valence-corrected chi connectivity index (χ3v) is 8.79. The normalized spacial score (nSPS) is 27.6. The van der Waals surface area contributed by atoms with Gasteiger partial charge in [0.2, 0.25) is 17.7 Å². The van der Waals surface area contributed by atoms with Crippen molar-refractivity contribution in [3.05, 3.63) is 65.2 Å². The summed E-state index contributed by atoms with van der Waals surface area (Å²) < 4.78 is 5.70. The zero-order valence-corrected chi connectivity index (χ0v) is 22.0. The zero-order chi connectivity index (χ0) is 26.7. The third kappa shape index (κ3) is 3.70. The Balaban J connectivity index is 1.17. The number of fused-ring (bicyclic) bond motifs is 5. The van der Waals surface area contributed by atoms with Gasteiger partial charge in [0.1, 0.15) is 5.75 Å². The Morgan fingerprint density at radius 3 is 2.16 bits per heavy atom. The number of para-hydroxylation sites is 1. The first-order valence-corrected chi connectivity index (χ1v) is 13.6. The lowest BCUT2D eigenvalue weighted by atomic mass is 9.85. The number of hydrogen-bond donors (Lipinski definition) is 0. The van der Waals surface area contributed by atoms with Gasteiger partial charge in [-0.25, -0.2) is 4.90 Å². The first-order valence-electron chi connectivity index (χ1n) is 13.6. The van der Waals surface area contributed by atoms with Crippen LogP contribution in [-0.2, 0) is 32.0 Å². The van der Waals surface area contributed by atoms with E-state index >= 15 is 0 Å². The molecular weight excluding hydrogens is 480 g/mol. The maximum atomic E-state index is 13.2. The average Bonchev–Trinajstić information content (AvgIpc) is 3.68. The number of imide groups is 1. The predicted molar refractivity (Wildman–Crippen MR) is 143 cm³/mol. The first kappa shape index (κ1) is 24.6. The molecule has 0 N–H and O–H groups in total. The number of carbonyl (C=O) groups is 4. The molecule has 1 saturated carbocycles. The lowest BCUT2D eigenvalue weighted by Gasteiger charge is -2.23. The standard InChI is InChI=1S/C31H32N2O5/c1-4-18-7-6-8-19(5-2)28(18)32-16-22(15-25(32)34)31(37)38-23-11-12-24(17(3)13-23)33-29(35)26-20-9-10-21(14-20)27(26)30(33)36/h6-13,20-22,26-27H,4-5,14-16H2,1-3H3/t20-,21-,22+,26+,27+/m0/s1. The number of esters is 1. The van der Waals surface area contributed by atoms with E-state index in [9.17, 15) is 19.2 Å². The minimum atomic E-state index is -0.568. The molecule has 7 nitrogen and oxygen atoms in total. The number of hydrogen-bond acceptors (Lipinski definition) is 5. The number of anilines is 2. The number of benzene rings is 2. The zero-order valence-electron chi connectivity index (χ0n) is 22.0. The van der Waals surface area contributed by atoms with E-state index in [2.05, 4.69) is 26.0 Å². The lowest BCUT2D eigenvalue weighted by molar-refractivity contribution is -0.139. The smallest absolute Gasteiger partial charge is 0.316 e. The molecule has 2 aromatic carbocycles. The summed E-state index contributed by atoms with van der Waals surface area (Å²) in [6, 6.07) is 11.1. The Bertz CT molecular complexity index is 1340. The largest absolute Gasteiger partial charge is 0.426 e. The molecule has 3 amide bonds. The predicted octanol–water partition coefficient (Wildman–Crippen LogP) is 4.39. The van der Waals surface area contributed by atoms with Gasteiger partial charge >= 0.3 is 5.97 Å².